The molecule has 0 aromatic carbocycles. The molecule has 6 rings (SSSR count). The van der Waals surface area contributed by atoms with E-state index in [2.05, 4.69) is 63.2 Å². The molecular formula is C40H31Cl2Fe4Ga2N3O8-2. The number of aromatic nitrogens is 2. The Bertz CT molecular complexity index is 937. The molecule has 2 heterocycles. The molecule has 0 spiro atoms. The Hall–Kier alpha value is -0.359. The molecule has 0 unspecified atom stereocenters. The number of hydrogen-bond acceptors (Lipinski definition) is 3. The molecule has 0 bridgehead atoms. The standard InChI is InChI=1S/C10H8N2.4C5H5.C2H3N.8CO.2ClH.4Fe.2Ga/c1-3-7-11-9(5-1)10-6-2-4-8-12-10;4*1-2-4-5-3-1;1-2-3;8*1-2;;;;;;;;/h1-8H;4*1-5H;1H3;;;;;;;;;2*1H;;;;;;/q;4*-1;;;;;;;;;;;;;;;;+1;+3/p-2. The molecule has 4 aliphatic rings. The van der Waals surface area contributed by atoms with E-state index in [0.717, 1.165) is 11.4 Å². The third-order valence-corrected chi connectivity index (χ3v) is 3.81. The number of hydrogen-bond donors (Lipinski definition) is 0. The topological polar surface area (TPSA) is 209 Å². The summed E-state index contributed by atoms with van der Waals surface area (Å²) in [6, 6.07) is 13.3. The summed E-state index contributed by atoms with van der Waals surface area (Å²) in [5, 5.41) is 7.32. The second-order valence-electron chi connectivity index (χ2n) is 6.59. The van der Waals surface area contributed by atoms with Gasteiger partial charge >= 0.3 is 145 Å². The van der Waals surface area contributed by atoms with Crippen LogP contribution in [0.5, 0.6) is 0 Å². The molecule has 19 heteroatoms. The molecule has 18 radical (unpaired) electrons. The Morgan fingerprint density at radius 1 is 0.458 bits per heavy atom. The van der Waals surface area contributed by atoms with Gasteiger partial charge in [0, 0.05) is 87.6 Å². The number of rotatable bonds is 1. The van der Waals surface area contributed by atoms with Gasteiger partial charge in [0.2, 0.25) is 0 Å². The zero-order valence-corrected chi connectivity index (χ0v) is 41.4. The molecular weight excluding hydrogens is 1080 g/mol. The van der Waals surface area contributed by atoms with Crippen molar-refractivity contribution in [2.75, 3.05) is 0 Å². The predicted octanol–water partition coefficient (Wildman–Crippen LogP) is 7.07. The van der Waals surface area contributed by atoms with E-state index in [-0.39, 0.29) is 88.1 Å². The van der Waals surface area contributed by atoms with E-state index in [1.54, 1.807) is 18.5 Å². The quantitative estimate of drug-likeness (QED) is 0.167. The number of halogens is 2. The molecule has 0 saturated heterocycles. The molecule has 0 aliphatic heterocycles. The molecule has 308 valence electrons. The second-order valence-corrected chi connectivity index (χ2v) is 10.4. The molecule has 2 aromatic rings. The van der Waals surface area contributed by atoms with Gasteiger partial charge in [0.25, 0.3) is 0 Å². The molecule has 4 aliphatic carbocycles. The van der Waals surface area contributed by atoms with Crippen molar-refractivity contribution < 1.29 is 105 Å². The maximum atomic E-state index is 7.50. The Kier molecular flexibility index (Phi) is 216. The summed E-state index contributed by atoms with van der Waals surface area (Å²) in [5.74, 6) is 0. The van der Waals surface area contributed by atoms with Crippen molar-refractivity contribution in [1.29, 1.82) is 5.26 Å². The van der Waals surface area contributed by atoms with E-state index in [1.165, 1.54) is 6.92 Å². The first-order chi connectivity index (χ1) is 26.8. The average molecular weight is 1120 g/mol. The Morgan fingerprint density at radius 3 is 0.695 bits per heavy atom. The van der Waals surface area contributed by atoms with E-state index < -0.39 is 15.4 Å². The van der Waals surface area contributed by atoms with Crippen LogP contribution in [-0.2, 0) is 105 Å². The van der Waals surface area contributed by atoms with Crippen molar-refractivity contribution >= 4 is 54.5 Å². The predicted molar refractivity (Wildman–Crippen MR) is 199 cm³/mol. The summed E-state index contributed by atoms with van der Waals surface area (Å²) in [5.41, 5.74) is 1.83. The minimum atomic E-state index is -0.743. The van der Waals surface area contributed by atoms with Gasteiger partial charge in [-0.1, -0.05) is 63.5 Å². The first kappa shape index (κ1) is 97.8. The minimum absolute atomic E-state index is 0. The number of nitrogens with zero attached hydrogens (tertiary/aromatic N) is 3. The third kappa shape index (κ3) is 114. The van der Waals surface area contributed by atoms with Crippen molar-refractivity contribution in [1.82, 2.24) is 9.97 Å². The average Bonchev–Trinajstić information content (AvgIpc) is 4.16. The Morgan fingerprint density at radius 2 is 0.610 bits per heavy atom. The van der Waals surface area contributed by atoms with E-state index in [1.807, 2.05) is 165 Å². The fourth-order valence-electron chi connectivity index (χ4n) is 2.31. The van der Waals surface area contributed by atoms with Gasteiger partial charge in [0.1, 0.15) is 0 Å². The molecule has 0 atom stereocenters. The van der Waals surface area contributed by atoms with E-state index in [0.29, 0.717) is 0 Å². The van der Waals surface area contributed by atoms with Gasteiger partial charge in [-0.2, -0.15) is 56.6 Å². The fourth-order valence-corrected chi connectivity index (χ4v) is 2.31. The van der Waals surface area contributed by atoms with Crippen molar-refractivity contribution in [3.05, 3.63) is 230 Å². The zero-order chi connectivity index (χ0) is 43.8. The summed E-state index contributed by atoms with van der Waals surface area (Å²) < 4.78 is 60.0. The first-order valence-corrected chi connectivity index (χ1v) is 19.6. The largest absolute Gasteiger partial charge is 3.00 e. The van der Waals surface area contributed by atoms with Crippen molar-refractivity contribution in [3.8, 4) is 17.5 Å². The summed E-state index contributed by atoms with van der Waals surface area (Å²) in [4.78, 5) is 8.37. The van der Waals surface area contributed by atoms with Crippen LogP contribution in [0, 0.1) is 193 Å². The van der Waals surface area contributed by atoms with Gasteiger partial charge < -0.3 is 25.7 Å². The van der Waals surface area contributed by atoms with Crippen molar-refractivity contribution in [3.63, 3.8) is 0 Å². The SMILES string of the molecule is CC#N.[C-]#[O+].[C-]#[O+].[C-]#[O+].[C-]#[O+].[C-]#[O+].[C-]#[O+].[C-]#[O+].[C-]#[O+].[CH]1[CH][CH][CH-][CH]1.[CH]1[CH][CH][CH-][CH]1.[CH]1[CH][CH][CH-][CH]1.[CH]1[CH][CH][CH-][CH]1.[Cl][Ga-][Cl].[Fe].[Fe].[Fe].[Fe].[Ga+3].c1ccc(-c2ccccn2)nc1. The van der Waals surface area contributed by atoms with Crippen LogP contribution in [0.25, 0.3) is 11.4 Å². The molecule has 11 nitrogen and oxygen atoms in total. The van der Waals surface area contributed by atoms with Crippen LogP contribution in [0.2, 0.25) is 0 Å². The second kappa shape index (κ2) is 131. The van der Waals surface area contributed by atoms with E-state index >= 15 is 0 Å². The molecule has 4 fully saturated rings. The molecule has 0 N–H and O–H groups in total. The Labute approximate surface area is 425 Å². The van der Waals surface area contributed by atoms with Gasteiger partial charge in [-0.05, 0) is 24.3 Å². The first-order valence-electron chi connectivity index (χ1n) is 13.3. The van der Waals surface area contributed by atoms with E-state index in [9.17, 15) is 0 Å². The molecule has 4 saturated carbocycles. The summed E-state index contributed by atoms with van der Waals surface area (Å²) in [7, 11) is 9.84. The van der Waals surface area contributed by atoms with Crippen LogP contribution >= 0.6 is 19.3 Å². The number of nitriles is 1. The van der Waals surface area contributed by atoms with Crippen molar-refractivity contribution in [2.24, 2.45) is 0 Å². The normalized spacial score (nSPS) is 10.8. The summed E-state index contributed by atoms with van der Waals surface area (Å²) in [6.07, 6.45) is 43.5. The van der Waals surface area contributed by atoms with Gasteiger partial charge in [-0.3, -0.25) is 9.97 Å². The van der Waals surface area contributed by atoms with Crippen LogP contribution in [0.3, 0.4) is 0 Å². The number of pyridine rings is 2. The van der Waals surface area contributed by atoms with Gasteiger partial charge in [0.15, 0.2) is 0 Å². The van der Waals surface area contributed by atoms with Crippen LogP contribution in [-0.4, -0.2) is 45.2 Å². The molecule has 0 amide bonds. The van der Waals surface area contributed by atoms with Crippen LogP contribution in [0.15, 0.2) is 48.8 Å². The Balaban J connectivity index is -0.0000000322. The van der Waals surface area contributed by atoms with Crippen LogP contribution in [0.1, 0.15) is 6.92 Å². The van der Waals surface area contributed by atoms with E-state index in [4.69, 9.17) is 61.8 Å². The monoisotopic (exact) mass is 1110 g/mol. The van der Waals surface area contributed by atoms with Crippen LogP contribution in [0.4, 0.5) is 0 Å². The maximum absolute atomic E-state index is 7.50. The van der Waals surface area contributed by atoms with Gasteiger partial charge in [0.05, 0.1) is 17.5 Å². The van der Waals surface area contributed by atoms with Gasteiger partial charge in [-0.15, -0.1) is 0 Å². The van der Waals surface area contributed by atoms with Gasteiger partial charge in [-0.25, -0.2) is 0 Å². The smallest absolute Gasteiger partial charge is 0.255 e. The third-order valence-electron chi connectivity index (χ3n) is 3.81. The fraction of sp³-hybridized carbons (Fsp3) is 0.0250. The van der Waals surface area contributed by atoms with Crippen molar-refractivity contribution in [2.45, 2.75) is 6.92 Å². The summed E-state index contributed by atoms with van der Waals surface area (Å²) >= 11 is -0.743. The zero-order valence-electron chi connectivity index (χ0n) is 30.6. The maximum Gasteiger partial charge on any atom is 3.00 e. The molecule has 59 heavy (non-hydrogen) atoms. The van der Waals surface area contributed by atoms with Crippen LogP contribution < -0.4 is 0 Å². The summed E-state index contributed by atoms with van der Waals surface area (Å²) in [6.45, 7) is 37.4. The molecule has 2 aromatic heterocycles. The minimum Gasteiger partial charge on any atom is -0.255 e.